The van der Waals surface area contributed by atoms with Crippen molar-refractivity contribution in [3.05, 3.63) is 49.6 Å². The minimum absolute atomic E-state index is 0.0143. The summed E-state index contributed by atoms with van der Waals surface area (Å²) in [7, 11) is 0. The van der Waals surface area contributed by atoms with Gasteiger partial charge in [0, 0.05) is 49.0 Å². The van der Waals surface area contributed by atoms with E-state index in [0.29, 0.717) is 31.4 Å². The number of hydrogen-bond donors (Lipinski definition) is 1. The van der Waals surface area contributed by atoms with Crippen molar-refractivity contribution in [3.8, 4) is 0 Å². The number of nitrogens with zero attached hydrogens (tertiary/aromatic N) is 3. The molecule has 43 heavy (non-hydrogen) atoms. The number of ether oxygens (including phenoxy) is 2. The van der Waals surface area contributed by atoms with Crippen LogP contribution in [0.4, 0.5) is 11.4 Å². The topological polar surface area (TPSA) is 99.6 Å². The maximum Gasteiger partial charge on any atom is 0.312 e. The SMILES string of the molecule is C=CCCCCOC(=O)[C@H]1[C@H]2C(=O)N(CCCCO)C(C(=O)N(CC=C)c3ccc(N(CC)CC)cc3)C23CC(Br)[C@@H]1O3. The molecule has 1 aromatic rings. The largest absolute Gasteiger partial charge is 0.465 e. The van der Waals surface area contributed by atoms with Crippen LogP contribution in [-0.2, 0) is 23.9 Å². The summed E-state index contributed by atoms with van der Waals surface area (Å²) in [5.74, 6) is -2.60. The molecule has 3 aliphatic rings. The van der Waals surface area contributed by atoms with Crippen LogP contribution in [-0.4, -0.2) is 89.8 Å². The fourth-order valence-electron chi connectivity index (χ4n) is 7.00. The molecule has 0 aromatic heterocycles. The number of aliphatic hydroxyl groups is 1. The molecule has 3 aliphatic heterocycles. The van der Waals surface area contributed by atoms with E-state index in [0.717, 1.165) is 31.6 Å². The second-order valence-electron chi connectivity index (χ2n) is 11.5. The number of alkyl halides is 1. The number of anilines is 2. The number of aliphatic hydroxyl groups excluding tert-OH is 1. The zero-order valence-electron chi connectivity index (χ0n) is 25.5. The highest BCUT2D eigenvalue weighted by Gasteiger charge is 2.77. The van der Waals surface area contributed by atoms with Gasteiger partial charge in [-0.1, -0.05) is 28.1 Å². The fourth-order valence-corrected chi connectivity index (χ4v) is 7.95. The first-order valence-corrected chi connectivity index (χ1v) is 16.5. The zero-order valence-corrected chi connectivity index (χ0v) is 27.0. The Hall–Kier alpha value is -2.69. The Morgan fingerprint density at radius 2 is 1.81 bits per heavy atom. The normalized spacial score (nSPS) is 27.2. The minimum Gasteiger partial charge on any atom is -0.465 e. The molecule has 0 radical (unpaired) electrons. The summed E-state index contributed by atoms with van der Waals surface area (Å²) in [5.41, 5.74) is 0.590. The number of rotatable bonds is 17. The van der Waals surface area contributed by atoms with E-state index in [1.807, 2.05) is 30.3 Å². The van der Waals surface area contributed by atoms with Crippen molar-refractivity contribution in [3.63, 3.8) is 0 Å². The monoisotopic (exact) mass is 659 g/mol. The molecule has 236 valence electrons. The zero-order chi connectivity index (χ0) is 31.1. The molecule has 2 amide bonds. The average molecular weight is 661 g/mol. The van der Waals surface area contributed by atoms with Gasteiger partial charge in [-0.3, -0.25) is 14.4 Å². The van der Waals surface area contributed by atoms with Crippen molar-refractivity contribution >= 4 is 45.1 Å². The maximum atomic E-state index is 14.6. The number of fused-ring (bicyclic) bond motifs is 1. The molecule has 3 heterocycles. The predicted octanol–water partition coefficient (Wildman–Crippen LogP) is 4.47. The Morgan fingerprint density at radius 3 is 2.44 bits per heavy atom. The quantitative estimate of drug-likeness (QED) is 0.114. The fraction of sp³-hybridized carbons (Fsp3) is 0.606. The van der Waals surface area contributed by atoms with Crippen LogP contribution in [0.3, 0.4) is 0 Å². The van der Waals surface area contributed by atoms with Gasteiger partial charge in [0.15, 0.2) is 0 Å². The van der Waals surface area contributed by atoms with Crippen molar-refractivity contribution in [2.45, 2.75) is 74.9 Å². The number of carbonyl (C=O) groups is 3. The molecule has 0 aliphatic carbocycles. The Balaban J connectivity index is 1.67. The summed E-state index contributed by atoms with van der Waals surface area (Å²) in [5, 5.41) is 9.45. The smallest absolute Gasteiger partial charge is 0.312 e. The number of esters is 1. The molecule has 9 nitrogen and oxygen atoms in total. The van der Waals surface area contributed by atoms with E-state index in [1.54, 1.807) is 15.9 Å². The molecule has 3 saturated heterocycles. The van der Waals surface area contributed by atoms with E-state index in [4.69, 9.17) is 9.47 Å². The van der Waals surface area contributed by atoms with E-state index in [-0.39, 0.29) is 42.9 Å². The first-order chi connectivity index (χ1) is 20.8. The lowest BCUT2D eigenvalue weighted by atomic mass is 9.70. The first-order valence-electron chi connectivity index (χ1n) is 15.6. The van der Waals surface area contributed by atoms with Crippen LogP contribution in [0.15, 0.2) is 49.6 Å². The van der Waals surface area contributed by atoms with Gasteiger partial charge in [0.05, 0.1) is 24.5 Å². The van der Waals surface area contributed by atoms with Gasteiger partial charge in [0.2, 0.25) is 5.91 Å². The number of hydrogen-bond acceptors (Lipinski definition) is 7. The maximum absolute atomic E-state index is 14.6. The van der Waals surface area contributed by atoms with Crippen LogP contribution in [0, 0.1) is 11.8 Å². The first kappa shape index (κ1) is 33.2. The Labute approximate surface area is 264 Å². The van der Waals surface area contributed by atoms with Gasteiger partial charge in [-0.25, -0.2) is 0 Å². The van der Waals surface area contributed by atoms with E-state index in [1.165, 1.54) is 0 Å². The summed E-state index contributed by atoms with van der Waals surface area (Å²) in [6.07, 6.45) is 6.78. The van der Waals surface area contributed by atoms with Gasteiger partial charge in [-0.05, 0) is 76.6 Å². The third kappa shape index (κ3) is 6.42. The van der Waals surface area contributed by atoms with Crippen LogP contribution < -0.4 is 9.80 Å². The number of allylic oxidation sites excluding steroid dienone is 1. The van der Waals surface area contributed by atoms with Gasteiger partial charge in [-0.15, -0.1) is 13.2 Å². The molecule has 1 N–H and O–H groups in total. The van der Waals surface area contributed by atoms with Gasteiger partial charge >= 0.3 is 5.97 Å². The van der Waals surface area contributed by atoms with Crippen LogP contribution in [0.2, 0.25) is 0 Å². The van der Waals surface area contributed by atoms with Crippen LogP contribution in [0.25, 0.3) is 0 Å². The lowest BCUT2D eigenvalue weighted by molar-refractivity contribution is -0.155. The highest BCUT2D eigenvalue weighted by Crippen LogP contribution is 2.60. The van der Waals surface area contributed by atoms with Crippen molar-refractivity contribution in [2.24, 2.45) is 11.8 Å². The van der Waals surface area contributed by atoms with Gasteiger partial charge in [-0.2, -0.15) is 0 Å². The number of amides is 2. The van der Waals surface area contributed by atoms with Crippen LogP contribution in [0.1, 0.15) is 52.4 Å². The third-order valence-corrected chi connectivity index (χ3v) is 9.86. The van der Waals surface area contributed by atoms with Crippen LogP contribution in [0.5, 0.6) is 0 Å². The average Bonchev–Trinajstić information content (AvgIpc) is 3.60. The molecule has 10 heteroatoms. The van der Waals surface area contributed by atoms with E-state index >= 15 is 0 Å². The molecule has 2 bridgehead atoms. The minimum atomic E-state index is -1.17. The van der Waals surface area contributed by atoms with E-state index in [2.05, 4.69) is 47.8 Å². The third-order valence-electron chi connectivity index (χ3n) is 9.02. The van der Waals surface area contributed by atoms with Crippen molar-refractivity contribution in [1.29, 1.82) is 0 Å². The predicted molar refractivity (Wildman–Crippen MR) is 171 cm³/mol. The Morgan fingerprint density at radius 1 is 1.12 bits per heavy atom. The standard InChI is InChI=1S/C33H46BrN3O6/c1-5-9-10-13-21-42-32(41)26-27-30(39)37(19-11-12-20-38)29(33(27)22-25(34)28(26)43-33)31(40)36(18-6-2)24-16-14-23(15-17-24)35(7-3)8-4/h5-6,14-17,25-29,38H,1-2,7-13,18-22H2,3-4H3/t25?,26-,27-,28-,29?,33?/m0/s1. The molecular weight excluding hydrogens is 614 g/mol. The summed E-state index contributed by atoms with van der Waals surface area (Å²) in [6.45, 7) is 14.3. The molecule has 3 fully saturated rings. The van der Waals surface area contributed by atoms with Crippen molar-refractivity contribution in [1.82, 2.24) is 4.90 Å². The van der Waals surface area contributed by atoms with Gasteiger partial charge in [0.25, 0.3) is 5.91 Å². The molecule has 4 rings (SSSR count). The lowest BCUT2D eigenvalue weighted by Crippen LogP contribution is -2.57. The summed E-state index contributed by atoms with van der Waals surface area (Å²) in [4.78, 5) is 47.6. The number of unbranched alkanes of at least 4 members (excludes halogenated alkanes) is 3. The molecular formula is C33H46BrN3O6. The van der Waals surface area contributed by atoms with Crippen molar-refractivity contribution in [2.75, 3.05) is 49.2 Å². The molecule has 1 aromatic carbocycles. The summed E-state index contributed by atoms with van der Waals surface area (Å²) >= 11 is 3.71. The highest BCUT2D eigenvalue weighted by molar-refractivity contribution is 9.09. The molecule has 3 unspecified atom stereocenters. The Bertz CT molecular complexity index is 1160. The summed E-state index contributed by atoms with van der Waals surface area (Å²) < 4.78 is 12.3. The number of benzene rings is 1. The number of halogens is 1. The van der Waals surface area contributed by atoms with Gasteiger partial charge in [0.1, 0.15) is 11.6 Å². The molecule has 6 atom stereocenters. The second-order valence-corrected chi connectivity index (χ2v) is 12.7. The lowest BCUT2D eigenvalue weighted by Gasteiger charge is -2.37. The van der Waals surface area contributed by atoms with E-state index in [9.17, 15) is 19.5 Å². The molecule has 0 saturated carbocycles. The Kier molecular flexibility index (Phi) is 11.5. The number of carbonyl (C=O) groups excluding carboxylic acids is 3. The number of likely N-dealkylation sites (tertiary alicyclic amines) is 1. The van der Waals surface area contributed by atoms with Crippen molar-refractivity contribution < 1.29 is 29.0 Å². The van der Waals surface area contributed by atoms with Gasteiger partial charge < -0.3 is 29.3 Å². The molecule has 1 spiro atoms. The van der Waals surface area contributed by atoms with Crippen LogP contribution >= 0.6 is 15.9 Å². The van der Waals surface area contributed by atoms with E-state index < -0.39 is 35.6 Å². The second kappa shape index (κ2) is 14.9. The highest BCUT2D eigenvalue weighted by atomic mass is 79.9. The summed E-state index contributed by atoms with van der Waals surface area (Å²) in [6, 6.07) is 6.91.